The van der Waals surface area contributed by atoms with Crippen molar-refractivity contribution in [3.63, 3.8) is 0 Å². The van der Waals surface area contributed by atoms with Crippen LogP contribution in [-0.4, -0.2) is 21.7 Å². The van der Waals surface area contributed by atoms with Crippen molar-refractivity contribution in [1.29, 1.82) is 0 Å². The minimum Gasteiger partial charge on any atom is -0.383 e. The van der Waals surface area contributed by atoms with E-state index in [9.17, 15) is 4.79 Å². The van der Waals surface area contributed by atoms with Crippen LogP contribution in [0.5, 0.6) is 0 Å². The Morgan fingerprint density at radius 1 is 1.73 bits per heavy atom. The highest BCUT2D eigenvalue weighted by Gasteiger charge is 2.22. The van der Waals surface area contributed by atoms with Gasteiger partial charge in [-0.25, -0.2) is 4.68 Å². The van der Waals surface area contributed by atoms with Gasteiger partial charge in [-0.05, 0) is 26.2 Å². The van der Waals surface area contributed by atoms with Crippen LogP contribution < -0.4 is 11.1 Å². The zero-order valence-electron chi connectivity index (χ0n) is 8.86. The maximum absolute atomic E-state index is 11.8. The van der Waals surface area contributed by atoms with Crippen LogP contribution in [0.25, 0.3) is 0 Å². The number of aryl methyl sites for hydroxylation is 1. The van der Waals surface area contributed by atoms with Crippen molar-refractivity contribution in [3.05, 3.63) is 11.8 Å². The van der Waals surface area contributed by atoms with E-state index in [0.717, 1.165) is 12.8 Å². The molecular weight excluding hydrogens is 192 g/mol. The first kappa shape index (κ1) is 10.0. The Hall–Kier alpha value is -1.52. The number of nitrogens with one attached hydrogen (secondary N) is 1. The summed E-state index contributed by atoms with van der Waals surface area (Å²) in [5.41, 5.74) is 6.28. The van der Waals surface area contributed by atoms with Crippen molar-refractivity contribution in [2.45, 2.75) is 38.8 Å². The Labute approximate surface area is 88.6 Å². The van der Waals surface area contributed by atoms with Gasteiger partial charge in [0.2, 0.25) is 0 Å². The maximum Gasteiger partial charge on any atom is 0.256 e. The summed E-state index contributed by atoms with van der Waals surface area (Å²) in [5, 5.41) is 6.98. The van der Waals surface area contributed by atoms with Crippen LogP contribution in [0.1, 0.15) is 36.5 Å². The van der Waals surface area contributed by atoms with Crippen LogP contribution in [0.3, 0.4) is 0 Å². The van der Waals surface area contributed by atoms with E-state index < -0.39 is 0 Å². The average Bonchev–Trinajstić information content (AvgIpc) is 2.53. The molecule has 1 fully saturated rings. The van der Waals surface area contributed by atoms with Gasteiger partial charge in [0.1, 0.15) is 11.4 Å². The van der Waals surface area contributed by atoms with Crippen LogP contribution in [0, 0.1) is 0 Å². The summed E-state index contributed by atoms with van der Waals surface area (Å²) in [6, 6.07) is 0.335. The van der Waals surface area contributed by atoms with Crippen molar-refractivity contribution in [3.8, 4) is 0 Å². The monoisotopic (exact) mass is 208 g/mol. The molecule has 0 aromatic carbocycles. The van der Waals surface area contributed by atoms with Gasteiger partial charge in [0.05, 0.1) is 6.20 Å². The van der Waals surface area contributed by atoms with Crippen molar-refractivity contribution >= 4 is 11.7 Å². The molecule has 0 saturated heterocycles. The zero-order chi connectivity index (χ0) is 10.8. The Balaban J connectivity index is 2.07. The quantitative estimate of drug-likeness (QED) is 0.770. The van der Waals surface area contributed by atoms with Gasteiger partial charge in [-0.2, -0.15) is 5.10 Å². The summed E-state index contributed by atoms with van der Waals surface area (Å²) in [5.74, 6) is 0.353. The van der Waals surface area contributed by atoms with Crippen molar-refractivity contribution in [1.82, 2.24) is 15.1 Å². The second-order valence-electron chi connectivity index (χ2n) is 3.86. The Kier molecular flexibility index (Phi) is 2.62. The second-order valence-corrected chi connectivity index (χ2v) is 3.86. The minimum atomic E-state index is -0.100. The largest absolute Gasteiger partial charge is 0.383 e. The lowest BCUT2D eigenvalue weighted by Crippen LogP contribution is -2.39. The van der Waals surface area contributed by atoms with E-state index in [0.29, 0.717) is 24.0 Å². The fraction of sp³-hybridized carbons (Fsp3) is 0.600. The van der Waals surface area contributed by atoms with Crippen LogP contribution in [0.15, 0.2) is 6.20 Å². The molecule has 5 nitrogen and oxygen atoms in total. The SMILES string of the molecule is CCn1ncc(C(=O)NC2CCC2)c1N. The van der Waals surface area contributed by atoms with E-state index in [4.69, 9.17) is 5.73 Å². The molecule has 1 amide bonds. The van der Waals surface area contributed by atoms with E-state index in [1.54, 1.807) is 4.68 Å². The molecule has 15 heavy (non-hydrogen) atoms. The van der Waals surface area contributed by atoms with Gasteiger partial charge in [0, 0.05) is 12.6 Å². The van der Waals surface area contributed by atoms with Gasteiger partial charge in [0.25, 0.3) is 5.91 Å². The van der Waals surface area contributed by atoms with Crippen LogP contribution in [0.4, 0.5) is 5.82 Å². The molecule has 0 aliphatic heterocycles. The predicted octanol–water partition coefficient (Wildman–Crippen LogP) is 0.767. The molecule has 2 rings (SSSR count). The third-order valence-corrected chi connectivity index (χ3v) is 2.86. The number of rotatable bonds is 3. The molecule has 1 saturated carbocycles. The Morgan fingerprint density at radius 2 is 2.47 bits per heavy atom. The number of carbonyl (C=O) groups excluding carboxylic acids is 1. The predicted molar refractivity (Wildman–Crippen MR) is 57.4 cm³/mol. The first-order valence-corrected chi connectivity index (χ1v) is 5.34. The highest BCUT2D eigenvalue weighted by atomic mass is 16.1. The number of hydrogen-bond acceptors (Lipinski definition) is 3. The highest BCUT2D eigenvalue weighted by Crippen LogP contribution is 2.19. The van der Waals surface area contributed by atoms with Crippen LogP contribution in [0.2, 0.25) is 0 Å². The first-order chi connectivity index (χ1) is 7.22. The first-order valence-electron chi connectivity index (χ1n) is 5.34. The average molecular weight is 208 g/mol. The standard InChI is InChI=1S/C10H16N4O/c1-2-14-9(11)8(6-12-14)10(15)13-7-4-3-5-7/h6-7H,2-5,11H2,1H3,(H,13,15). The zero-order valence-corrected chi connectivity index (χ0v) is 8.86. The van der Waals surface area contributed by atoms with Gasteiger partial charge in [0.15, 0.2) is 0 Å². The number of carbonyl (C=O) groups is 1. The summed E-state index contributed by atoms with van der Waals surface area (Å²) < 4.78 is 1.62. The highest BCUT2D eigenvalue weighted by molar-refractivity contribution is 5.98. The van der Waals surface area contributed by atoms with E-state index in [-0.39, 0.29) is 5.91 Å². The lowest BCUT2D eigenvalue weighted by atomic mass is 9.93. The molecule has 0 unspecified atom stereocenters. The molecule has 3 N–H and O–H groups in total. The number of amides is 1. The second kappa shape index (κ2) is 3.92. The third-order valence-electron chi connectivity index (χ3n) is 2.86. The molecule has 0 spiro atoms. The van der Waals surface area contributed by atoms with E-state index in [1.807, 2.05) is 6.92 Å². The Morgan fingerprint density at radius 3 is 2.93 bits per heavy atom. The lowest BCUT2D eigenvalue weighted by Gasteiger charge is -2.26. The number of aromatic nitrogens is 2. The fourth-order valence-electron chi connectivity index (χ4n) is 1.64. The summed E-state index contributed by atoms with van der Waals surface area (Å²) in [6.07, 6.45) is 4.89. The van der Waals surface area contributed by atoms with E-state index in [2.05, 4.69) is 10.4 Å². The topological polar surface area (TPSA) is 72.9 Å². The number of nitrogens with zero attached hydrogens (tertiary/aromatic N) is 2. The van der Waals surface area contributed by atoms with E-state index in [1.165, 1.54) is 12.6 Å². The number of hydrogen-bond donors (Lipinski definition) is 2. The van der Waals surface area contributed by atoms with E-state index >= 15 is 0 Å². The van der Waals surface area contributed by atoms with Gasteiger partial charge in [-0.15, -0.1) is 0 Å². The molecule has 1 aromatic rings. The molecule has 0 radical (unpaired) electrons. The minimum absolute atomic E-state index is 0.100. The van der Waals surface area contributed by atoms with Crippen LogP contribution in [-0.2, 0) is 6.54 Å². The fourth-order valence-corrected chi connectivity index (χ4v) is 1.64. The molecule has 1 aromatic heterocycles. The molecule has 1 aliphatic rings. The van der Waals surface area contributed by atoms with Crippen LogP contribution >= 0.6 is 0 Å². The molecular formula is C10H16N4O. The van der Waals surface area contributed by atoms with Crippen molar-refractivity contribution in [2.24, 2.45) is 0 Å². The van der Waals surface area contributed by atoms with Crippen molar-refractivity contribution < 1.29 is 4.79 Å². The van der Waals surface area contributed by atoms with Gasteiger partial charge < -0.3 is 11.1 Å². The smallest absolute Gasteiger partial charge is 0.256 e. The summed E-state index contributed by atoms with van der Waals surface area (Å²) in [4.78, 5) is 11.8. The molecule has 82 valence electrons. The number of nitrogen functional groups attached to an aromatic ring is 1. The maximum atomic E-state index is 11.8. The molecule has 0 bridgehead atoms. The summed E-state index contributed by atoms with van der Waals surface area (Å²) >= 11 is 0. The number of nitrogens with two attached hydrogens (primary N) is 1. The van der Waals surface area contributed by atoms with Gasteiger partial charge in [-0.3, -0.25) is 4.79 Å². The lowest BCUT2D eigenvalue weighted by molar-refractivity contribution is 0.0918. The van der Waals surface area contributed by atoms with Crippen molar-refractivity contribution in [2.75, 3.05) is 5.73 Å². The molecule has 1 aliphatic carbocycles. The molecule has 1 heterocycles. The molecule has 0 atom stereocenters. The summed E-state index contributed by atoms with van der Waals surface area (Å²) in [7, 11) is 0. The third kappa shape index (κ3) is 1.82. The Bertz CT molecular complexity index is 367. The van der Waals surface area contributed by atoms with Gasteiger partial charge >= 0.3 is 0 Å². The van der Waals surface area contributed by atoms with Gasteiger partial charge in [-0.1, -0.05) is 0 Å². The normalized spacial score (nSPS) is 16.1. The number of anilines is 1. The molecule has 5 heteroatoms. The summed E-state index contributed by atoms with van der Waals surface area (Å²) in [6.45, 7) is 2.62.